The second-order valence-electron chi connectivity index (χ2n) is 5.56. The van der Waals surface area contributed by atoms with Crippen LogP contribution in [0, 0.1) is 0 Å². The highest BCUT2D eigenvalue weighted by Crippen LogP contribution is 2.32. The highest BCUT2D eigenvalue weighted by atomic mass is 32.1. The molecular formula is C17H11F3N4O2S. The summed E-state index contributed by atoms with van der Waals surface area (Å²) in [7, 11) is 0. The van der Waals surface area contributed by atoms with Crippen molar-refractivity contribution in [2.24, 2.45) is 0 Å². The third-order valence-electron chi connectivity index (χ3n) is 3.73. The second-order valence-corrected chi connectivity index (χ2v) is 6.60. The van der Waals surface area contributed by atoms with Crippen LogP contribution in [0.5, 0.6) is 0 Å². The van der Waals surface area contributed by atoms with Gasteiger partial charge in [-0.1, -0.05) is 6.07 Å². The number of furan rings is 1. The van der Waals surface area contributed by atoms with E-state index in [2.05, 4.69) is 15.4 Å². The zero-order valence-electron chi connectivity index (χ0n) is 13.5. The lowest BCUT2D eigenvalue weighted by Gasteiger charge is -2.09. The summed E-state index contributed by atoms with van der Waals surface area (Å²) < 4.78 is 46.1. The minimum Gasteiger partial charge on any atom is -0.463 e. The molecule has 27 heavy (non-hydrogen) atoms. The summed E-state index contributed by atoms with van der Waals surface area (Å²) in [5.41, 5.74) is -1.29. The zero-order valence-corrected chi connectivity index (χ0v) is 14.3. The molecule has 4 rings (SSSR count). The van der Waals surface area contributed by atoms with E-state index in [1.54, 1.807) is 6.07 Å². The predicted molar refractivity (Wildman–Crippen MR) is 91.2 cm³/mol. The van der Waals surface area contributed by atoms with Crippen LogP contribution in [0.2, 0.25) is 0 Å². The van der Waals surface area contributed by atoms with E-state index in [9.17, 15) is 18.0 Å². The molecule has 0 atom stereocenters. The lowest BCUT2D eigenvalue weighted by Crippen LogP contribution is -2.23. The minimum absolute atomic E-state index is 0.00488. The molecular weight excluding hydrogens is 381 g/mol. The topological polar surface area (TPSA) is 72.4 Å². The summed E-state index contributed by atoms with van der Waals surface area (Å²) in [6.45, 7) is 0.265. The number of carbonyl (C=O) groups excluding carboxylic acids is 1. The molecule has 0 fully saturated rings. The monoisotopic (exact) mass is 392 g/mol. The summed E-state index contributed by atoms with van der Waals surface area (Å²) in [5, 5.41) is 8.29. The molecule has 4 heterocycles. The fourth-order valence-corrected chi connectivity index (χ4v) is 3.15. The van der Waals surface area contributed by atoms with Crippen molar-refractivity contribution in [1.82, 2.24) is 19.9 Å². The smallest absolute Gasteiger partial charge is 0.433 e. The van der Waals surface area contributed by atoms with Crippen molar-refractivity contribution in [3.63, 3.8) is 0 Å². The Morgan fingerprint density at radius 2 is 2.11 bits per heavy atom. The molecule has 0 spiro atoms. The summed E-state index contributed by atoms with van der Waals surface area (Å²) in [6.07, 6.45) is -3.34. The molecule has 0 saturated carbocycles. The Morgan fingerprint density at radius 1 is 1.26 bits per heavy atom. The fraction of sp³-hybridized carbons (Fsp3) is 0.118. The van der Waals surface area contributed by atoms with E-state index in [0.29, 0.717) is 4.52 Å². The third-order valence-corrected chi connectivity index (χ3v) is 4.60. The Balaban J connectivity index is 1.73. The Morgan fingerprint density at radius 3 is 2.78 bits per heavy atom. The lowest BCUT2D eigenvalue weighted by molar-refractivity contribution is -0.142. The van der Waals surface area contributed by atoms with E-state index in [0.717, 1.165) is 10.9 Å². The number of halogens is 3. The first kappa shape index (κ1) is 17.3. The third kappa shape index (κ3) is 3.43. The van der Waals surface area contributed by atoms with Gasteiger partial charge in [-0.3, -0.25) is 4.79 Å². The van der Waals surface area contributed by atoms with Crippen LogP contribution < -0.4 is 5.32 Å². The van der Waals surface area contributed by atoms with Gasteiger partial charge in [0.05, 0.1) is 12.8 Å². The summed E-state index contributed by atoms with van der Waals surface area (Å²) >= 11 is 1.46. The summed E-state index contributed by atoms with van der Waals surface area (Å²) in [6, 6.07) is 8.79. The number of rotatable bonds is 4. The van der Waals surface area contributed by atoms with Gasteiger partial charge >= 0.3 is 6.18 Å². The number of aromatic nitrogens is 3. The molecule has 138 valence electrons. The maximum Gasteiger partial charge on any atom is 0.433 e. The minimum atomic E-state index is -4.68. The van der Waals surface area contributed by atoms with E-state index >= 15 is 0 Å². The van der Waals surface area contributed by atoms with Crippen molar-refractivity contribution in [1.29, 1.82) is 0 Å². The van der Waals surface area contributed by atoms with Crippen LogP contribution in [-0.2, 0) is 12.7 Å². The molecule has 0 radical (unpaired) electrons. The van der Waals surface area contributed by atoms with Crippen LogP contribution in [-0.4, -0.2) is 20.5 Å². The standard InChI is InChI=1S/C17H11F3N4O2S/c18-17(19,20)14-7-11(13-4-1-5-26-13)22-15-8-12(23-24(14)15)16(25)21-9-10-3-2-6-27-10/h1-8H,9H2,(H,21,25). The highest BCUT2D eigenvalue weighted by Gasteiger charge is 2.36. The van der Waals surface area contributed by atoms with Gasteiger partial charge in [0.15, 0.2) is 22.8 Å². The van der Waals surface area contributed by atoms with E-state index in [4.69, 9.17) is 4.42 Å². The highest BCUT2D eigenvalue weighted by molar-refractivity contribution is 7.09. The maximum absolute atomic E-state index is 13.5. The molecule has 0 bridgehead atoms. The Labute approximate surface area is 154 Å². The quantitative estimate of drug-likeness (QED) is 0.570. The van der Waals surface area contributed by atoms with E-state index < -0.39 is 17.8 Å². The molecule has 0 aliphatic carbocycles. The van der Waals surface area contributed by atoms with Gasteiger partial charge < -0.3 is 9.73 Å². The van der Waals surface area contributed by atoms with Crippen LogP contribution in [0.15, 0.2) is 52.5 Å². The number of carbonyl (C=O) groups is 1. The molecule has 0 saturated heterocycles. The molecule has 4 aromatic rings. The van der Waals surface area contributed by atoms with Gasteiger partial charge in [-0.25, -0.2) is 9.50 Å². The van der Waals surface area contributed by atoms with Crippen LogP contribution in [0.25, 0.3) is 17.1 Å². The van der Waals surface area contributed by atoms with E-state index in [-0.39, 0.29) is 29.3 Å². The second kappa shape index (κ2) is 6.54. The van der Waals surface area contributed by atoms with Crippen LogP contribution in [0.3, 0.4) is 0 Å². The van der Waals surface area contributed by atoms with Gasteiger partial charge in [-0.05, 0) is 29.6 Å². The number of thiophene rings is 1. The first-order chi connectivity index (χ1) is 12.9. The van der Waals surface area contributed by atoms with Crippen molar-refractivity contribution in [2.45, 2.75) is 12.7 Å². The van der Waals surface area contributed by atoms with Crippen molar-refractivity contribution in [3.05, 3.63) is 64.3 Å². The Kier molecular flexibility index (Phi) is 4.19. The summed E-state index contributed by atoms with van der Waals surface area (Å²) in [4.78, 5) is 17.3. The van der Waals surface area contributed by atoms with Gasteiger partial charge in [0.25, 0.3) is 5.91 Å². The molecule has 0 aliphatic rings. The van der Waals surface area contributed by atoms with Crippen LogP contribution in [0.1, 0.15) is 21.1 Å². The number of hydrogen-bond acceptors (Lipinski definition) is 5. The molecule has 6 nitrogen and oxygen atoms in total. The normalized spacial score (nSPS) is 11.8. The Bertz CT molecular complexity index is 1090. The van der Waals surface area contributed by atoms with E-state index in [1.165, 1.54) is 29.7 Å². The average molecular weight is 392 g/mol. The molecule has 1 amide bonds. The predicted octanol–water partition coefficient (Wildman–Crippen LogP) is 4.00. The molecule has 4 aromatic heterocycles. The number of nitrogens with zero attached hydrogens (tertiary/aromatic N) is 3. The van der Waals surface area contributed by atoms with Crippen molar-refractivity contribution in [2.75, 3.05) is 0 Å². The molecule has 1 N–H and O–H groups in total. The van der Waals surface area contributed by atoms with Crippen molar-refractivity contribution < 1.29 is 22.4 Å². The van der Waals surface area contributed by atoms with Gasteiger partial charge in [-0.2, -0.15) is 18.3 Å². The van der Waals surface area contributed by atoms with Crippen LogP contribution >= 0.6 is 11.3 Å². The first-order valence-electron chi connectivity index (χ1n) is 7.74. The van der Waals surface area contributed by atoms with Gasteiger partial charge in [0, 0.05) is 10.9 Å². The number of alkyl halides is 3. The lowest BCUT2D eigenvalue weighted by atomic mass is 10.2. The average Bonchev–Trinajstić information content (AvgIpc) is 3.38. The largest absolute Gasteiger partial charge is 0.463 e. The van der Waals surface area contributed by atoms with Gasteiger partial charge in [-0.15, -0.1) is 11.3 Å². The zero-order chi connectivity index (χ0) is 19.0. The maximum atomic E-state index is 13.5. The Hall–Kier alpha value is -3.14. The molecule has 0 unspecified atom stereocenters. The van der Waals surface area contributed by atoms with Crippen molar-refractivity contribution >= 4 is 22.9 Å². The number of amides is 1. The molecule has 10 heteroatoms. The summed E-state index contributed by atoms with van der Waals surface area (Å²) in [5.74, 6) is -0.394. The number of nitrogens with one attached hydrogen (secondary N) is 1. The van der Waals surface area contributed by atoms with Gasteiger partial charge in [0.2, 0.25) is 0 Å². The number of fused-ring (bicyclic) bond motifs is 1. The van der Waals surface area contributed by atoms with Crippen molar-refractivity contribution in [3.8, 4) is 11.5 Å². The number of hydrogen-bond donors (Lipinski definition) is 1. The molecule has 0 aliphatic heterocycles. The fourth-order valence-electron chi connectivity index (χ4n) is 2.51. The first-order valence-corrected chi connectivity index (χ1v) is 8.62. The van der Waals surface area contributed by atoms with E-state index in [1.807, 2.05) is 17.5 Å². The molecule has 0 aromatic carbocycles. The van der Waals surface area contributed by atoms with Gasteiger partial charge in [0.1, 0.15) is 5.69 Å². The van der Waals surface area contributed by atoms with Crippen LogP contribution in [0.4, 0.5) is 13.2 Å². The SMILES string of the molecule is O=C(NCc1cccs1)c1cc2nc(-c3ccco3)cc(C(F)(F)F)n2n1.